The van der Waals surface area contributed by atoms with E-state index in [-0.39, 0.29) is 29.5 Å². The van der Waals surface area contributed by atoms with Crippen LogP contribution in [0, 0.1) is 0 Å². The lowest BCUT2D eigenvalue weighted by molar-refractivity contribution is 0.501. The average Bonchev–Trinajstić information content (AvgIpc) is 2.13. The number of aliphatic imine (C=N–C) groups is 1. The Hall–Kier alpha value is -0.0900. The summed E-state index contributed by atoms with van der Waals surface area (Å²) in [7, 11) is -3.09. The van der Waals surface area contributed by atoms with Crippen LogP contribution in [0.15, 0.2) is 4.99 Å². The molecule has 0 saturated carbocycles. The molecule has 19 heavy (non-hydrogen) atoms. The topological polar surface area (TPSA) is 82.6 Å². The predicted octanol–water partition coefficient (Wildman–Crippen LogP) is 0.897. The molecule has 0 aliphatic heterocycles. The molecule has 0 aromatic carbocycles. The van der Waals surface area contributed by atoms with Gasteiger partial charge >= 0.3 is 0 Å². The molecule has 0 fully saturated rings. The predicted molar refractivity (Wildman–Crippen MR) is 91.7 cm³/mol. The third-order valence-corrected chi connectivity index (χ3v) is 2.54. The maximum absolute atomic E-state index is 10.8. The van der Waals surface area contributed by atoms with Crippen molar-refractivity contribution < 1.29 is 8.42 Å². The first-order chi connectivity index (χ1) is 8.14. The number of nitrogens with one attached hydrogen (secondary N) is 3. The fourth-order valence-electron chi connectivity index (χ4n) is 1.19. The van der Waals surface area contributed by atoms with Crippen molar-refractivity contribution in [1.82, 2.24) is 15.4 Å². The van der Waals surface area contributed by atoms with Crippen molar-refractivity contribution in [3.05, 3.63) is 0 Å². The van der Waals surface area contributed by atoms with Gasteiger partial charge in [-0.25, -0.2) is 13.1 Å². The van der Waals surface area contributed by atoms with Gasteiger partial charge in [0.2, 0.25) is 10.0 Å². The van der Waals surface area contributed by atoms with E-state index in [1.54, 1.807) is 0 Å². The van der Waals surface area contributed by atoms with E-state index in [0.717, 1.165) is 18.8 Å². The number of nitrogens with zero attached hydrogens (tertiary/aromatic N) is 1. The smallest absolute Gasteiger partial charge is 0.208 e. The molecule has 0 aliphatic carbocycles. The molecule has 0 unspecified atom stereocenters. The first kappa shape index (κ1) is 21.2. The highest BCUT2D eigenvalue weighted by Gasteiger charge is 2.11. The largest absolute Gasteiger partial charge is 0.357 e. The van der Waals surface area contributed by atoms with Crippen LogP contribution in [0.5, 0.6) is 0 Å². The molecule has 6 nitrogen and oxygen atoms in total. The molecule has 0 amide bonds. The zero-order chi connectivity index (χ0) is 14.2. The van der Waals surface area contributed by atoms with E-state index in [2.05, 4.69) is 41.1 Å². The van der Waals surface area contributed by atoms with Gasteiger partial charge in [0.25, 0.3) is 0 Å². The fraction of sp³-hybridized carbons (Fsp3) is 0.909. The van der Waals surface area contributed by atoms with Gasteiger partial charge in [-0.3, -0.25) is 4.99 Å². The zero-order valence-electron chi connectivity index (χ0n) is 12.4. The maximum Gasteiger partial charge on any atom is 0.208 e. The molecule has 0 radical (unpaired) electrons. The van der Waals surface area contributed by atoms with Gasteiger partial charge in [-0.2, -0.15) is 0 Å². The van der Waals surface area contributed by atoms with E-state index < -0.39 is 10.0 Å². The first-order valence-corrected chi connectivity index (χ1v) is 8.04. The van der Waals surface area contributed by atoms with Gasteiger partial charge in [-0.1, -0.05) is 0 Å². The Morgan fingerprint density at radius 1 is 1.26 bits per heavy atom. The second-order valence-corrected chi connectivity index (χ2v) is 6.99. The Bertz CT molecular complexity index is 363. The van der Waals surface area contributed by atoms with Crippen molar-refractivity contribution in [3.8, 4) is 0 Å². The molecule has 0 atom stereocenters. The lowest BCUT2D eigenvalue weighted by Crippen LogP contribution is -2.47. The number of guanidine groups is 1. The minimum absolute atomic E-state index is 0. The molecule has 0 rings (SSSR count). The highest BCUT2D eigenvalue weighted by Crippen LogP contribution is 1.97. The van der Waals surface area contributed by atoms with E-state index >= 15 is 0 Å². The number of halogens is 1. The van der Waals surface area contributed by atoms with Crippen molar-refractivity contribution in [2.45, 2.75) is 39.7 Å². The normalized spacial score (nSPS) is 12.8. The third kappa shape index (κ3) is 15.9. The molecule has 0 aromatic heterocycles. The van der Waals surface area contributed by atoms with E-state index in [1.807, 2.05) is 6.92 Å². The Morgan fingerprint density at radius 2 is 1.84 bits per heavy atom. The number of sulfonamides is 1. The van der Waals surface area contributed by atoms with Crippen molar-refractivity contribution >= 4 is 40.0 Å². The highest BCUT2D eigenvalue weighted by molar-refractivity contribution is 14.0. The van der Waals surface area contributed by atoms with Gasteiger partial charge in [-0.05, 0) is 34.1 Å². The third-order valence-electron chi connectivity index (χ3n) is 1.81. The van der Waals surface area contributed by atoms with Crippen molar-refractivity contribution in [1.29, 1.82) is 0 Å². The molecular formula is C11H27IN4O2S. The van der Waals surface area contributed by atoms with Crippen LogP contribution in [0.1, 0.15) is 34.1 Å². The average molecular weight is 406 g/mol. The summed E-state index contributed by atoms with van der Waals surface area (Å²) in [4.78, 5) is 4.38. The van der Waals surface area contributed by atoms with Crippen LogP contribution in [0.3, 0.4) is 0 Å². The van der Waals surface area contributed by atoms with Crippen LogP contribution in [-0.4, -0.2) is 45.8 Å². The maximum atomic E-state index is 10.8. The number of hydrogen-bond donors (Lipinski definition) is 3. The summed E-state index contributed by atoms with van der Waals surface area (Å²) < 4.78 is 24.1. The van der Waals surface area contributed by atoms with Crippen LogP contribution < -0.4 is 15.4 Å². The quantitative estimate of drug-likeness (QED) is 0.265. The standard InChI is InChI=1S/C11H26N4O2S.HI/c1-6-12-10(15-11(2,3)4)13-8-7-9-14-18(5,16)17;/h14H,6-9H2,1-5H3,(H2,12,13,15);1H. The van der Waals surface area contributed by atoms with Crippen LogP contribution in [0.4, 0.5) is 0 Å². The van der Waals surface area contributed by atoms with Crippen molar-refractivity contribution in [3.63, 3.8) is 0 Å². The summed E-state index contributed by atoms with van der Waals surface area (Å²) in [5, 5.41) is 6.41. The van der Waals surface area contributed by atoms with Crippen molar-refractivity contribution in [2.24, 2.45) is 4.99 Å². The van der Waals surface area contributed by atoms with Gasteiger partial charge in [0, 0.05) is 25.2 Å². The summed E-state index contributed by atoms with van der Waals surface area (Å²) in [5.74, 6) is 0.754. The van der Waals surface area contributed by atoms with Crippen LogP contribution in [0.25, 0.3) is 0 Å². The van der Waals surface area contributed by atoms with Crippen LogP contribution in [-0.2, 0) is 10.0 Å². The molecule has 0 heterocycles. The molecule has 0 spiro atoms. The SMILES string of the molecule is CCNC(=NCCCNS(C)(=O)=O)NC(C)(C)C.I. The molecule has 8 heteroatoms. The Balaban J connectivity index is 0. The van der Waals surface area contributed by atoms with E-state index in [0.29, 0.717) is 19.5 Å². The van der Waals surface area contributed by atoms with Crippen molar-refractivity contribution in [2.75, 3.05) is 25.9 Å². The second kappa shape index (κ2) is 9.76. The molecule has 0 saturated heterocycles. The lowest BCUT2D eigenvalue weighted by Gasteiger charge is -2.23. The van der Waals surface area contributed by atoms with Gasteiger partial charge in [-0.15, -0.1) is 24.0 Å². The van der Waals surface area contributed by atoms with E-state index in [1.165, 1.54) is 0 Å². The Morgan fingerprint density at radius 3 is 2.26 bits per heavy atom. The minimum Gasteiger partial charge on any atom is -0.357 e. The highest BCUT2D eigenvalue weighted by atomic mass is 127. The zero-order valence-corrected chi connectivity index (χ0v) is 15.6. The molecule has 0 aliphatic rings. The van der Waals surface area contributed by atoms with E-state index in [9.17, 15) is 8.42 Å². The molecule has 116 valence electrons. The fourth-order valence-corrected chi connectivity index (χ4v) is 1.70. The molecular weight excluding hydrogens is 379 g/mol. The van der Waals surface area contributed by atoms with Crippen LogP contribution >= 0.6 is 24.0 Å². The van der Waals surface area contributed by atoms with Gasteiger partial charge in [0.1, 0.15) is 0 Å². The summed E-state index contributed by atoms with van der Waals surface area (Å²) in [6.07, 6.45) is 1.83. The molecule has 3 N–H and O–H groups in total. The minimum atomic E-state index is -3.09. The van der Waals surface area contributed by atoms with E-state index in [4.69, 9.17) is 0 Å². The van der Waals surface area contributed by atoms with Crippen LogP contribution in [0.2, 0.25) is 0 Å². The first-order valence-electron chi connectivity index (χ1n) is 6.15. The Kier molecular flexibility index (Phi) is 10.9. The summed E-state index contributed by atoms with van der Waals surface area (Å²) in [6.45, 7) is 9.97. The van der Waals surface area contributed by atoms with Gasteiger partial charge in [0.15, 0.2) is 5.96 Å². The second-order valence-electron chi connectivity index (χ2n) is 5.16. The van der Waals surface area contributed by atoms with Gasteiger partial charge in [0.05, 0.1) is 6.26 Å². The summed E-state index contributed by atoms with van der Waals surface area (Å²) >= 11 is 0. The summed E-state index contributed by atoms with van der Waals surface area (Å²) in [6, 6.07) is 0. The molecule has 0 aromatic rings. The number of hydrogen-bond acceptors (Lipinski definition) is 3. The number of rotatable bonds is 6. The van der Waals surface area contributed by atoms with Gasteiger partial charge < -0.3 is 10.6 Å². The lowest BCUT2D eigenvalue weighted by atomic mass is 10.1. The monoisotopic (exact) mass is 406 g/mol. The molecule has 0 bridgehead atoms. The Labute approximate surface area is 134 Å². The summed E-state index contributed by atoms with van der Waals surface area (Å²) in [5.41, 5.74) is -0.0496.